The molecule has 12 heteroatoms. The maximum Gasteiger partial charge on any atom is 0.223 e. The first-order valence-corrected chi connectivity index (χ1v) is 13.6. The van der Waals surface area contributed by atoms with Crippen molar-refractivity contribution in [3.05, 3.63) is 39.8 Å². The first-order valence-electron chi connectivity index (χ1n) is 10.8. The maximum absolute atomic E-state index is 12.8. The van der Waals surface area contributed by atoms with E-state index in [1.54, 1.807) is 12.1 Å². The molecule has 1 aromatic carbocycles. The van der Waals surface area contributed by atoms with Crippen molar-refractivity contribution in [1.82, 2.24) is 20.3 Å². The lowest BCUT2D eigenvalue weighted by molar-refractivity contribution is -0.125. The van der Waals surface area contributed by atoms with E-state index in [0.717, 1.165) is 16.6 Å². The number of carbonyl (C=O) groups is 1. The van der Waals surface area contributed by atoms with Gasteiger partial charge in [-0.25, -0.2) is 18.4 Å². The molecule has 0 aliphatic heterocycles. The quantitative estimate of drug-likeness (QED) is 0.383. The Hall–Kier alpha value is -2.56. The van der Waals surface area contributed by atoms with Gasteiger partial charge in [0.1, 0.15) is 33.4 Å². The number of H-pyrrole nitrogens is 1. The van der Waals surface area contributed by atoms with Crippen LogP contribution in [0.4, 0.5) is 11.5 Å². The molecule has 1 aliphatic carbocycles. The highest BCUT2D eigenvalue weighted by molar-refractivity contribution is 7.90. The fraction of sp³-hybridized carbons (Fsp3) is 0.409. The Kier molecular flexibility index (Phi) is 7.20. The summed E-state index contributed by atoms with van der Waals surface area (Å²) < 4.78 is 28.0. The summed E-state index contributed by atoms with van der Waals surface area (Å²) in [5.74, 6) is 0.823. The molecule has 3 aromatic rings. The number of hydrogen-bond donors (Lipinski definition) is 3. The van der Waals surface area contributed by atoms with Crippen molar-refractivity contribution in [3.8, 4) is 5.75 Å². The number of aromatic nitrogens is 3. The fourth-order valence-corrected chi connectivity index (χ4v) is 5.16. The Labute approximate surface area is 207 Å². The van der Waals surface area contributed by atoms with Gasteiger partial charge in [-0.3, -0.25) is 4.79 Å². The minimum Gasteiger partial charge on any atom is -0.495 e. The molecule has 0 fully saturated rings. The highest BCUT2D eigenvalue weighted by Crippen LogP contribution is 2.39. The molecule has 1 unspecified atom stereocenters. The van der Waals surface area contributed by atoms with Crippen molar-refractivity contribution in [3.63, 3.8) is 0 Å². The zero-order chi connectivity index (χ0) is 24.5. The summed E-state index contributed by atoms with van der Waals surface area (Å²) >= 11 is 12.3. The zero-order valence-electron chi connectivity index (χ0n) is 18.7. The molecular formula is C22H25Cl2N5O4S. The van der Waals surface area contributed by atoms with Gasteiger partial charge in [-0.1, -0.05) is 23.2 Å². The van der Waals surface area contributed by atoms with E-state index in [4.69, 9.17) is 27.9 Å². The molecule has 0 spiro atoms. The van der Waals surface area contributed by atoms with Crippen LogP contribution in [0, 0.1) is 5.92 Å². The number of sulfone groups is 1. The molecule has 2 heterocycles. The first kappa shape index (κ1) is 24.6. The number of nitrogens with zero attached hydrogens (tertiary/aromatic N) is 2. The van der Waals surface area contributed by atoms with E-state index in [0.29, 0.717) is 65.2 Å². The second-order valence-electron chi connectivity index (χ2n) is 8.33. The summed E-state index contributed by atoms with van der Waals surface area (Å²) in [6.07, 6.45) is 4.95. The number of carbonyl (C=O) groups excluding carboxylic acids is 1. The standard InChI is InChI=1S/C22H25Cl2N5O4S/c1-33-18-10-15(24)14(23)9-17(18)29-21-19-13-8-12(22(30)25-6-3-7-34(2,31)32)4-5-16(13)28-20(19)26-11-27-21/h9-12H,3-8H2,1-2H3,(H,25,30)(H2,26,27,28,29). The summed E-state index contributed by atoms with van der Waals surface area (Å²) in [6.45, 7) is 0.330. The second-order valence-corrected chi connectivity index (χ2v) is 11.4. The number of hydrogen-bond acceptors (Lipinski definition) is 7. The number of methoxy groups -OCH3 is 1. The topological polar surface area (TPSA) is 126 Å². The summed E-state index contributed by atoms with van der Waals surface area (Å²) in [6, 6.07) is 3.30. The molecule has 34 heavy (non-hydrogen) atoms. The molecule has 0 radical (unpaired) electrons. The number of amides is 1. The number of fused-ring (bicyclic) bond motifs is 3. The summed E-state index contributed by atoms with van der Waals surface area (Å²) in [5, 5.41) is 7.70. The highest BCUT2D eigenvalue weighted by Gasteiger charge is 2.29. The number of rotatable bonds is 8. The fourth-order valence-electron chi connectivity index (χ4n) is 4.17. The number of benzene rings is 1. The van der Waals surface area contributed by atoms with E-state index in [2.05, 4.69) is 25.6 Å². The van der Waals surface area contributed by atoms with Crippen LogP contribution < -0.4 is 15.4 Å². The molecule has 9 nitrogen and oxygen atoms in total. The predicted octanol–water partition coefficient (Wildman–Crippen LogP) is 3.67. The van der Waals surface area contributed by atoms with Gasteiger partial charge >= 0.3 is 0 Å². The van der Waals surface area contributed by atoms with Crippen LogP contribution in [0.1, 0.15) is 24.1 Å². The van der Waals surface area contributed by atoms with E-state index in [1.165, 1.54) is 19.7 Å². The third kappa shape index (κ3) is 5.39. The Morgan fingerprint density at radius 2 is 2.03 bits per heavy atom. The van der Waals surface area contributed by atoms with Gasteiger partial charge in [-0.15, -0.1) is 0 Å². The van der Waals surface area contributed by atoms with Crippen LogP contribution in [0.25, 0.3) is 11.0 Å². The molecule has 2 aromatic heterocycles. The van der Waals surface area contributed by atoms with Crippen molar-refractivity contribution < 1.29 is 17.9 Å². The highest BCUT2D eigenvalue weighted by atomic mass is 35.5. The maximum atomic E-state index is 12.8. The molecule has 0 saturated carbocycles. The molecule has 0 bridgehead atoms. The number of anilines is 2. The Bertz CT molecular complexity index is 1340. The molecule has 182 valence electrons. The molecule has 1 amide bonds. The zero-order valence-corrected chi connectivity index (χ0v) is 21.1. The summed E-state index contributed by atoms with van der Waals surface area (Å²) in [7, 11) is -1.51. The molecule has 4 rings (SSSR count). The number of aromatic amines is 1. The van der Waals surface area contributed by atoms with Crippen LogP contribution in [0.5, 0.6) is 5.75 Å². The van der Waals surface area contributed by atoms with Gasteiger partial charge in [0, 0.05) is 30.5 Å². The van der Waals surface area contributed by atoms with Crippen molar-refractivity contribution in [1.29, 1.82) is 0 Å². The Morgan fingerprint density at radius 3 is 2.76 bits per heavy atom. The van der Waals surface area contributed by atoms with Crippen LogP contribution in [0.2, 0.25) is 10.0 Å². The lowest BCUT2D eigenvalue weighted by Crippen LogP contribution is -2.35. The molecule has 3 N–H and O–H groups in total. The molecule has 1 aliphatic rings. The van der Waals surface area contributed by atoms with Gasteiger partial charge in [0.05, 0.1) is 34.0 Å². The van der Waals surface area contributed by atoms with Crippen LogP contribution in [0.15, 0.2) is 18.5 Å². The Balaban J connectivity index is 1.57. The SMILES string of the molecule is COc1cc(Cl)c(Cl)cc1Nc1ncnc2[nH]c3c(c12)CC(C(=O)NCCCS(C)(=O)=O)CC3. The number of halogens is 2. The van der Waals surface area contributed by atoms with E-state index < -0.39 is 9.84 Å². The van der Waals surface area contributed by atoms with Crippen LogP contribution in [-0.4, -0.2) is 54.9 Å². The van der Waals surface area contributed by atoms with E-state index in [1.807, 2.05) is 0 Å². The van der Waals surface area contributed by atoms with Crippen molar-refractivity contribution >= 4 is 61.5 Å². The van der Waals surface area contributed by atoms with Crippen molar-refractivity contribution in [2.75, 3.05) is 31.0 Å². The molecule has 1 atom stereocenters. The molecular weight excluding hydrogens is 501 g/mol. The van der Waals surface area contributed by atoms with Crippen molar-refractivity contribution in [2.45, 2.75) is 25.7 Å². The van der Waals surface area contributed by atoms with Crippen LogP contribution in [0.3, 0.4) is 0 Å². The van der Waals surface area contributed by atoms with E-state index in [9.17, 15) is 13.2 Å². The van der Waals surface area contributed by atoms with E-state index >= 15 is 0 Å². The Morgan fingerprint density at radius 1 is 1.26 bits per heavy atom. The largest absolute Gasteiger partial charge is 0.495 e. The average molecular weight is 526 g/mol. The van der Waals surface area contributed by atoms with E-state index in [-0.39, 0.29) is 17.6 Å². The monoisotopic (exact) mass is 525 g/mol. The third-order valence-corrected chi connectivity index (χ3v) is 7.59. The number of nitrogens with one attached hydrogen (secondary N) is 3. The van der Waals surface area contributed by atoms with Crippen LogP contribution >= 0.6 is 23.2 Å². The number of ether oxygens (including phenoxy) is 1. The summed E-state index contributed by atoms with van der Waals surface area (Å²) in [5.41, 5.74) is 3.29. The van der Waals surface area contributed by atoms with Gasteiger partial charge in [0.15, 0.2) is 0 Å². The van der Waals surface area contributed by atoms with Gasteiger partial charge < -0.3 is 20.4 Å². The van der Waals surface area contributed by atoms with Crippen molar-refractivity contribution in [2.24, 2.45) is 5.92 Å². The third-order valence-electron chi connectivity index (χ3n) is 5.83. The number of aryl methyl sites for hydroxylation is 1. The smallest absolute Gasteiger partial charge is 0.223 e. The van der Waals surface area contributed by atoms with Gasteiger partial charge in [0.2, 0.25) is 5.91 Å². The average Bonchev–Trinajstić information content (AvgIpc) is 3.17. The summed E-state index contributed by atoms with van der Waals surface area (Å²) in [4.78, 5) is 24.9. The van der Waals surface area contributed by atoms with Gasteiger partial charge in [-0.05, 0) is 37.3 Å². The minimum atomic E-state index is -3.05. The van der Waals surface area contributed by atoms with Gasteiger partial charge in [-0.2, -0.15) is 0 Å². The lowest BCUT2D eigenvalue weighted by atomic mass is 9.86. The minimum absolute atomic E-state index is 0.0507. The second kappa shape index (κ2) is 9.97. The molecule has 0 saturated heterocycles. The first-order chi connectivity index (χ1) is 16.2. The van der Waals surface area contributed by atoms with Gasteiger partial charge in [0.25, 0.3) is 0 Å². The predicted molar refractivity (Wildman–Crippen MR) is 133 cm³/mol. The lowest BCUT2D eigenvalue weighted by Gasteiger charge is -2.22. The van der Waals surface area contributed by atoms with Crippen LogP contribution in [-0.2, 0) is 27.5 Å². The normalized spacial score (nSPS) is 15.7.